The molecule has 3 aromatic carbocycles. The van der Waals surface area contributed by atoms with Crippen LogP contribution < -0.4 is 10.7 Å². The third kappa shape index (κ3) is 2.87. The first-order valence-corrected chi connectivity index (χ1v) is 8.48. The summed E-state index contributed by atoms with van der Waals surface area (Å²) in [5.74, 6) is -1.16. The van der Waals surface area contributed by atoms with Crippen LogP contribution in [0.4, 0.5) is 10.1 Å². The molecule has 4 nitrogen and oxygen atoms in total. The van der Waals surface area contributed by atoms with E-state index in [0.717, 1.165) is 11.1 Å². The Labute approximate surface area is 154 Å². The summed E-state index contributed by atoms with van der Waals surface area (Å²) in [5, 5.41) is 3.59. The average Bonchev–Trinajstić information content (AvgIpc) is 2.65. The Bertz CT molecular complexity index is 1270. The Morgan fingerprint density at radius 1 is 1.00 bits per heavy atom. The van der Waals surface area contributed by atoms with Crippen molar-refractivity contribution < 1.29 is 13.6 Å². The molecule has 0 saturated carbocycles. The Kier molecular flexibility index (Phi) is 4.00. The maximum absolute atomic E-state index is 13.8. The van der Waals surface area contributed by atoms with Crippen LogP contribution in [0.15, 0.2) is 63.8 Å². The zero-order chi connectivity index (χ0) is 19.1. The van der Waals surface area contributed by atoms with E-state index in [0.29, 0.717) is 27.6 Å². The van der Waals surface area contributed by atoms with Crippen molar-refractivity contribution in [1.29, 1.82) is 0 Å². The van der Waals surface area contributed by atoms with Crippen molar-refractivity contribution in [1.82, 2.24) is 0 Å². The molecule has 134 valence electrons. The lowest BCUT2D eigenvalue weighted by molar-refractivity contribution is 0.102. The summed E-state index contributed by atoms with van der Waals surface area (Å²) in [6.07, 6.45) is 0. The van der Waals surface area contributed by atoms with E-state index >= 15 is 0 Å². The van der Waals surface area contributed by atoms with Gasteiger partial charge in [0.1, 0.15) is 17.0 Å². The van der Waals surface area contributed by atoms with Crippen LogP contribution in [0.2, 0.25) is 0 Å². The Balaban J connectivity index is 1.81. The van der Waals surface area contributed by atoms with Gasteiger partial charge in [0.15, 0.2) is 0 Å². The van der Waals surface area contributed by atoms with Crippen LogP contribution in [0.1, 0.15) is 21.5 Å². The third-order valence-electron chi connectivity index (χ3n) is 4.74. The fourth-order valence-corrected chi connectivity index (χ4v) is 3.07. The van der Waals surface area contributed by atoms with Crippen molar-refractivity contribution in [3.05, 3.63) is 87.3 Å². The molecule has 4 aromatic rings. The number of anilines is 1. The van der Waals surface area contributed by atoms with Crippen LogP contribution in [0, 0.1) is 19.7 Å². The molecule has 4 rings (SSSR count). The number of fused-ring (bicyclic) bond motifs is 2. The lowest BCUT2D eigenvalue weighted by Gasteiger charge is -2.09. The Hall–Kier alpha value is -3.47. The van der Waals surface area contributed by atoms with Crippen molar-refractivity contribution in [2.75, 3.05) is 5.32 Å². The minimum Gasteiger partial charge on any atom is -0.455 e. The number of benzene rings is 3. The quantitative estimate of drug-likeness (QED) is 0.514. The molecule has 0 spiro atoms. The molecule has 1 aromatic heterocycles. The number of aryl methyl sites for hydroxylation is 2. The zero-order valence-corrected chi connectivity index (χ0v) is 14.8. The first-order chi connectivity index (χ1) is 13.0. The van der Waals surface area contributed by atoms with E-state index in [1.807, 2.05) is 19.9 Å². The van der Waals surface area contributed by atoms with Gasteiger partial charge in [0.25, 0.3) is 5.91 Å². The molecule has 0 saturated heterocycles. The summed E-state index contributed by atoms with van der Waals surface area (Å²) < 4.78 is 19.7. The van der Waals surface area contributed by atoms with Crippen LogP contribution in [-0.4, -0.2) is 5.91 Å². The number of halogens is 1. The fraction of sp³-hybridized carbons (Fsp3) is 0.0909. The van der Waals surface area contributed by atoms with Crippen molar-refractivity contribution in [2.24, 2.45) is 0 Å². The molecule has 0 bridgehead atoms. The van der Waals surface area contributed by atoms with E-state index in [2.05, 4.69) is 5.32 Å². The zero-order valence-electron chi connectivity index (χ0n) is 14.8. The highest BCUT2D eigenvalue weighted by molar-refractivity contribution is 6.05. The van der Waals surface area contributed by atoms with Gasteiger partial charge >= 0.3 is 0 Å². The lowest BCUT2D eigenvalue weighted by atomic mass is 10.0. The van der Waals surface area contributed by atoms with E-state index in [1.54, 1.807) is 30.3 Å². The monoisotopic (exact) mass is 361 g/mol. The minimum absolute atomic E-state index is 0.0518. The van der Waals surface area contributed by atoms with Crippen molar-refractivity contribution >= 4 is 33.5 Å². The first kappa shape index (κ1) is 17.0. The molecule has 0 unspecified atom stereocenters. The van der Waals surface area contributed by atoms with Crippen molar-refractivity contribution in [2.45, 2.75) is 13.8 Å². The number of rotatable bonds is 2. The molecule has 0 aliphatic rings. The van der Waals surface area contributed by atoms with Gasteiger partial charge in [-0.05, 0) is 55.3 Å². The number of hydrogen-bond donors (Lipinski definition) is 1. The number of carbonyl (C=O) groups is 1. The van der Waals surface area contributed by atoms with Crippen molar-refractivity contribution in [3.8, 4) is 0 Å². The minimum atomic E-state index is -0.598. The number of carbonyl (C=O) groups excluding carboxylic acids is 1. The van der Waals surface area contributed by atoms with Gasteiger partial charge in [-0.1, -0.05) is 18.2 Å². The predicted molar refractivity (Wildman–Crippen MR) is 104 cm³/mol. The van der Waals surface area contributed by atoms with Gasteiger partial charge < -0.3 is 9.73 Å². The molecule has 1 heterocycles. The van der Waals surface area contributed by atoms with Gasteiger partial charge in [-0.3, -0.25) is 9.59 Å². The smallest absolute Gasteiger partial charge is 0.258 e. The first-order valence-electron chi connectivity index (χ1n) is 8.48. The van der Waals surface area contributed by atoms with Crippen molar-refractivity contribution in [3.63, 3.8) is 0 Å². The normalized spacial score (nSPS) is 11.1. The van der Waals surface area contributed by atoms with Crippen LogP contribution >= 0.6 is 0 Å². The highest BCUT2D eigenvalue weighted by Crippen LogP contribution is 2.25. The van der Waals surface area contributed by atoms with Gasteiger partial charge in [-0.25, -0.2) is 4.39 Å². The van der Waals surface area contributed by atoms with Crippen LogP contribution in [0.25, 0.3) is 21.9 Å². The molecule has 0 aliphatic carbocycles. The number of nitrogens with one attached hydrogen (secondary N) is 1. The summed E-state index contributed by atoms with van der Waals surface area (Å²) in [6.45, 7) is 3.85. The summed E-state index contributed by atoms with van der Waals surface area (Å²) in [5.41, 5.74) is 3.06. The second-order valence-electron chi connectivity index (χ2n) is 6.46. The predicted octanol–water partition coefficient (Wildman–Crippen LogP) is 4.95. The highest BCUT2D eigenvalue weighted by Gasteiger charge is 2.14. The van der Waals surface area contributed by atoms with E-state index in [4.69, 9.17) is 4.42 Å². The van der Waals surface area contributed by atoms with Crippen LogP contribution in [0.5, 0.6) is 0 Å². The van der Waals surface area contributed by atoms with Gasteiger partial charge in [0.05, 0.1) is 16.3 Å². The standard InChI is InChI=1S/C22H16FNO3/c1-12-7-9-17-20(25)16-10-8-14(11-19(16)27-21(17)13(12)2)24-22(26)15-5-3-4-6-18(15)23/h3-11H,1-2H3,(H,24,26). The van der Waals surface area contributed by atoms with Gasteiger partial charge in [-0.2, -0.15) is 0 Å². The Morgan fingerprint density at radius 2 is 1.74 bits per heavy atom. The molecular weight excluding hydrogens is 345 g/mol. The van der Waals surface area contributed by atoms with E-state index in [-0.39, 0.29) is 11.0 Å². The maximum atomic E-state index is 13.8. The van der Waals surface area contributed by atoms with Gasteiger partial charge in [0, 0.05) is 11.8 Å². The maximum Gasteiger partial charge on any atom is 0.258 e. The second kappa shape index (κ2) is 6.36. The molecule has 0 fully saturated rings. The van der Waals surface area contributed by atoms with Gasteiger partial charge in [0.2, 0.25) is 5.43 Å². The highest BCUT2D eigenvalue weighted by atomic mass is 19.1. The van der Waals surface area contributed by atoms with Crippen LogP contribution in [-0.2, 0) is 0 Å². The molecule has 27 heavy (non-hydrogen) atoms. The SMILES string of the molecule is Cc1ccc2c(=O)c3ccc(NC(=O)c4ccccc4F)cc3oc2c1C. The molecule has 0 atom stereocenters. The molecule has 1 amide bonds. The molecule has 1 N–H and O–H groups in total. The lowest BCUT2D eigenvalue weighted by Crippen LogP contribution is -2.13. The molecule has 0 aliphatic heterocycles. The summed E-state index contributed by atoms with van der Waals surface area (Å²) in [7, 11) is 0. The number of amides is 1. The van der Waals surface area contributed by atoms with Gasteiger partial charge in [-0.15, -0.1) is 0 Å². The fourth-order valence-electron chi connectivity index (χ4n) is 3.07. The molecular formula is C22H16FNO3. The topological polar surface area (TPSA) is 59.3 Å². The summed E-state index contributed by atoms with van der Waals surface area (Å²) in [6, 6.07) is 14.2. The molecule has 0 radical (unpaired) electrons. The van der Waals surface area contributed by atoms with E-state index in [9.17, 15) is 14.0 Å². The number of hydrogen-bond acceptors (Lipinski definition) is 3. The van der Waals surface area contributed by atoms with E-state index < -0.39 is 11.7 Å². The molecule has 5 heteroatoms. The summed E-state index contributed by atoms with van der Waals surface area (Å²) in [4.78, 5) is 25.1. The second-order valence-corrected chi connectivity index (χ2v) is 6.46. The summed E-state index contributed by atoms with van der Waals surface area (Å²) >= 11 is 0. The van der Waals surface area contributed by atoms with E-state index in [1.165, 1.54) is 18.2 Å². The Morgan fingerprint density at radius 3 is 2.52 bits per heavy atom. The van der Waals surface area contributed by atoms with Crippen LogP contribution in [0.3, 0.4) is 0 Å². The third-order valence-corrected chi connectivity index (χ3v) is 4.74. The average molecular weight is 361 g/mol. The largest absolute Gasteiger partial charge is 0.455 e.